The zero-order chi connectivity index (χ0) is 18.8. The van der Waals surface area contributed by atoms with Crippen LogP contribution in [0.1, 0.15) is 56.9 Å². The van der Waals surface area contributed by atoms with Crippen LogP contribution in [0, 0.1) is 0 Å². The van der Waals surface area contributed by atoms with Crippen molar-refractivity contribution in [2.45, 2.75) is 25.7 Å². The Balaban J connectivity index is 1.27. The van der Waals surface area contributed by atoms with Gasteiger partial charge in [0.2, 0.25) is 0 Å². The SMILES string of the molecule is O=C(CCCCCN1C(=O)c2ccccc2C1=O)c1n[nH]c2ccccc12. The molecule has 1 aliphatic heterocycles. The number of para-hydroxylation sites is 1. The molecule has 0 unspecified atom stereocenters. The van der Waals surface area contributed by atoms with Crippen molar-refractivity contribution in [3.05, 3.63) is 65.4 Å². The number of hydrogen-bond acceptors (Lipinski definition) is 4. The largest absolute Gasteiger partial charge is 0.292 e. The fourth-order valence-corrected chi connectivity index (χ4v) is 3.47. The van der Waals surface area contributed by atoms with Crippen LogP contribution < -0.4 is 0 Å². The third kappa shape index (κ3) is 3.14. The summed E-state index contributed by atoms with van der Waals surface area (Å²) in [6.07, 6.45) is 2.54. The average molecular weight is 361 g/mol. The predicted molar refractivity (Wildman–Crippen MR) is 101 cm³/mol. The summed E-state index contributed by atoms with van der Waals surface area (Å²) in [6, 6.07) is 14.4. The second kappa shape index (κ2) is 7.15. The number of carbonyl (C=O) groups is 3. The molecule has 4 rings (SSSR count). The smallest absolute Gasteiger partial charge is 0.261 e. The molecule has 0 saturated carbocycles. The molecule has 136 valence electrons. The van der Waals surface area contributed by atoms with Crippen molar-refractivity contribution >= 4 is 28.5 Å². The van der Waals surface area contributed by atoms with Gasteiger partial charge in [0.05, 0.1) is 16.6 Å². The molecular formula is C21H19N3O3. The summed E-state index contributed by atoms with van der Waals surface area (Å²) in [4.78, 5) is 38.3. The lowest BCUT2D eigenvalue weighted by Crippen LogP contribution is -2.30. The van der Waals surface area contributed by atoms with E-state index in [-0.39, 0.29) is 17.6 Å². The number of rotatable bonds is 7. The van der Waals surface area contributed by atoms with E-state index in [1.54, 1.807) is 24.3 Å². The number of aromatic amines is 1. The second-order valence-corrected chi connectivity index (χ2v) is 6.66. The highest BCUT2D eigenvalue weighted by Gasteiger charge is 2.34. The van der Waals surface area contributed by atoms with Gasteiger partial charge in [0.15, 0.2) is 5.78 Å². The van der Waals surface area contributed by atoms with E-state index < -0.39 is 0 Å². The molecule has 6 heteroatoms. The number of ketones is 1. The highest BCUT2D eigenvalue weighted by atomic mass is 16.2. The number of imide groups is 1. The van der Waals surface area contributed by atoms with E-state index in [2.05, 4.69) is 10.2 Å². The van der Waals surface area contributed by atoms with Crippen LogP contribution in [0.3, 0.4) is 0 Å². The fraction of sp³-hybridized carbons (Fsp3) is 0.238. The van der Waals surface area contributed by atoms with E-state index in [0.29, 0.717) is 42.6 Å². The Morgan fingerprint density at radius 2 is 1.56 bits per heavy atom. The Morgan fingerprint density at radius 3 is 2.30 bits per heavy atom. The van der Waals surface area contributed by atoms with E-state index in [1.165, 1.54) is 4.90 Å². The molecule has 0 aliphatic carbocycles. The molecule has 6 nitrogen and oxygen atoms in total. The summed E-state index contributed by atoms with van der Waals surface area (Å²) >= 11 is 0. The van der Waals surface area contributed by atoms with E-state index in [1.807, 2.05) is 24.3 Å². The number of unbranched alkanes of at least 4 members (excludes halogenated alkanes) is 2. The maximum atomic E-state index is 12.4. The van der Waals surface area contributed by atoms with E-state index in [0.717, 1.165) is 17.3 Å². The van der Waals surface area contributed by atoms with Crippen molar-refractivity contribution in [3.63, 3.8) is 0 Å². The fourth-order valence-electron chi connectivity index (χ4n) is 3.47. The van der Waals surface area contributed by atoms with Gasteiger partial charge in [-0.1, -0.05) is 36.8 Å². The highest BCUT2D eigenvalue weighted by molar-refractivity contribution is 6.21. The van der Waals surface area contributed by atoms with Crippen LogP contribution in [-0.4, -0.2) is 39.2 Å². The van der Waals surface area contributed by atoms with Crippen LogP contribution >= 0.6 is 0 Å². The molecule has 2 heterocycles. The van der Waals surface area contributed by atoms with Crippen molar-refractivity contribution < 1.29 is 14.4 Å². The van der Waals surface area contributed by atoms with Crippen molar-refractivity contribution in [1.29, 1.82) is 0 Å². The van der Waals surface area contributed by atoms with Gasteiger partial charge in [0, 0.05) is 18.4 Å². The molecular weight excluding hydrogens is 342 g/mol. The number of nitrogens with zero attached hydrogens (tertiary/aromatic N) is 2. The monoisotopic (exact) mass is 361 g/mol. The predicted octanol–water partition coefficient (Wildman–Crippen LogP) is 3.60. The molecule has 2 aromatic carbocycles. The molecule has 0 atom stereocenters. The van der Waals surface area contributed by atoms with Crippen LogP contribution in [-0.2, 0) is 0 Å². The molecule has 2 amide bonds. The number of carbonyl (C=O) groups excluding carboxylic acids is 3. The highest BCUT2D eigenvalue weighted by Crippen LogP contribution is 2.23. The van der Waals surface area contributed by atoms with Crippen LogP contribution in [0.2, 0.25) is 0 Å². The average Bonchev–Trinajstić information content (AvgIpc) is 3.23. The van der Waals surface area contributed by atoms with Crippen molar-refractivity contribution in [2.75, 3.05) is 6.54 Å². The van der Waals surface area contributed by atoms with Crippen LogP contribution in [0.5, 0.6) is 0 Å². The van der Waals surface area contributed by atoms with Gasteiger partial charge in [-0.05, 0) is 31.0 Å². The number of amides is 2. The molecule has 27 heavy (non-hydrogen) atoms. The van der Waals surface area contributed by atoms with Gasteiger partial charge < -0.3 is 0 Å². The number of hydrogen-bond donors (Lipinski definition) is 1. The van der Waals surface area contributed by atoms with Crippen LogP contribution in [0.25, 0.3) is 10.9 Å². The molecule has 0 saturated heterocycles. The number of Topliss-reactive ketones (excluding diaryl/α,β-unsaturated/α-hetero) is 1. The third-order valence-electron chi connectivity index (χ3n) is 4.90. The Hall–Kier alpha value is -3.28. The Labute approximate surface area is 156 Å². The summed E-state index contributed by atoms with van der Waals surface area (Å²) in [5.74, 6) is -0.447. The minimum atomic E-state index is -0.227. The summed E-state index contributed by atoms with van der Waals surface area (Å²) in [6.45, 7) is 0.381. The summed E-state index contributed by atoms with van der Waals surface area (Å²) < 4.78 is 0. The standard InChI is InChI=1S/C21H19N3O3/c25-18(19-16-10-5-6-11-17(16)22-23-19)12-2-1-7-13-24-20(26)14-8-3-4-9-15(14)21(24)27/h3-6,8-11H,1-2,7,12-13H2,(H,22,23). The van der Waals surface area contributed by atoms with Gasteiger partial charge in [0.1, 0.15) is 5.69 Å². The first-order valence-corrected chi connectivity index (χ1v) is 9.08. The molecule has 1 aliphatic rings. The lowest BCUT2D eigenvalue weighted by Gasteiger charge is -2.13. The molecule has 0 bridgehead atoms. The van der Waals surface area contributed by atoms with Crippen LogP contribution in [0.4, 0.5) is 0 Å². The van der Waals surface area contributed by atoms with Crippen molar-refractivity contribution in [3.8, 4) is 0 Å². The quantitative estimate of drug-likeness (QED) is 0.396. The van der Waals surface area contributed by atoms with Crippen LogP contribution in [0.15, 0.2) is 48.5 Å². The summed E-state index contributed by atoms with van der Waals surface area (Å²) in [5, 5.41) is 7.84. The van der Waals surface area contributed by atoms with Gasteiger partial charge in [-0.25, -0.2) is 0 Å². The minimum absolute atomic E-state index is 0.00757. The number of nitrogens with one attached hydrogen (secondary N) is 1. The Bertz CT molecular complexity index is 1000. The number of fused-ring (bicyclic) bond motifs is 2. The lowest BCUT2D eigenvalue weighted by molar-refractivity contribution is 0.0650. The molecule has 3 aromatic rings. The second-order valence-electron chi connectivity index (χ2n) is 6.66. The zero-order valence-corrected chi connectivity index (χ0v) is 14.8. The molecule has 0 radical (unpaired) electrons. The zero-order valence-electron chi connectivity index (χ0n) is 14.8. The minimum Gasteiger partial charge on any atom is -0.292 e. The van der Waals surface area contributed by atoms with Gasteiger partial charge in [0.25, 0.3) is 11.8 Å². The van der Waals surface area contributed by atoms with Gasteiger partial charge in [-0.3, -0.25) is 24.4 Å². The number of benzene rings is 2. The molecule has 0 spiro atoms. The summed E-state index contributed by atoms with van der Waals surface area (Å²) in [7, 11) is 0. The van der Waals surface area contributed by atoms with E-state index in [9.17, 15) is 14.4 Å². The van der Waals surface area contributed by atoms with Gasteiger partial charge >= 0.3 is 0 Å². The first-order chi connectivity index (χ1) is 13.2. The molecule has 0 fully saturated rings. The normalized spacial score (nSPS) is 13.4. The number of aromatic nitrogens is 2. The summed E-state index contributed by atoms with van der Waals surface area (Å²) in [5.41, 5.74) is 2.28. The number of H-pyrrole nitrogens is 1. The van der Waals surface area contributed by atoms with Crippen molar-refractivity contribution in [1.82, 2.24) is 15.1 Å². The topological polar surface area (TPSA) is 83.1 Å². The maximum Gasteiger partial charge on any atom is 0.261 e. The van der Waals surface area contributed by atoms with E-state index in [4.69, 9.17) is 0 Å². The van der Waals surface area contributed by atoms with Gasteiger partial charge in [-0.2, -0.15) is 5.10 Å². The Kier molecular flexibility index (Phi) is 4.54. The Morgan fingerprint density at radius 1 is 0.889 bits per heavy atom. The lowest BCUT2D eigenvalue weighted by atomic mass is 10.1. The molecule has 1 N–H and O–H groups in total. The van der Waals surface area contributed by atoms with Gasteiger partial charge in [-0.15, -0.1) is 0 Å². The first-order valence-electron chi connectivity index (χ1n) is 9.08. The molecule has 1 aromatic heterocycles. The van der Waals surface area contributed by atoms with E-state index >= 15 is 0 Å². The maximum absolute atomic E-state index is 12.4. The first kappa shape index (κ1) is 17.1. The third-order valence-corrected chi connectivity index (χ3v) is 4.90. The van der Waals surface area contributed by atoms with Crippen molar-refractivity contribution in [2.24, 2.45) is 0 Å².